The number of hydrogen-bond donors (Lipinski definition) is 3. The van der Waals surface area contributed by atoms with Crippen LogP contribution in [0.4, 0.5) is 4.79 Å². The Morgan fingerprint density at radius 1 is 0.661 bits per heavy atom. The van der Waals surface area contributed by atoms with Crippen LogP contribution in [-0.4, -0.2) is 70.5 Å². The Morgan fingerprint density at radius 2 is 1.25 bits per heavy atom. The van der Waals surface area contributed by atoms with E-state index in [1.165, 1.54) is 0 Å². The van der Waals surface area contributed by atoms with E-state index in [2.05, 4.69) is 28.8 Å². The Balaban J connectivity index is 1.32. The number of carbonyl (C=O) groups is 4. The molecule has 12 nitrogen and oxygen atoms in total. The van der Waals surface area contributed by atoms with E-state index < -0.39 is 53.6 Å². The van der Waals surface area contributed by atoms with Crippen LogP contribution in [0.1, 0.15) is 72.8 Å². The molecule has 0 aliphatic rings. The van der Waals surface area contributed by atoms with E-state index in [0.717, 1.165) is 35.2 Å². The number of aliphatic carboxylic acids is 1. The summed E-state index contributed by atoms with van der Waals surface area (Å²) in [5, 5.41) is 14.9. The van der Waals surface area contributed by atoms with Gasteiger partial charge in [-0.1, -0.05) is 78.9 Å². The van der Waals surface area contributed by atoms with Gasteiger partial charge in [-0.3, -0.25) is 9.59 Å². The van der Waals surface area contributed by atoms with Gasteiger partial charge < -0.3 is 34.7 Å². The SMILES string of the molecule is CC(C)(C)OC(=O)CC(NC(=O)OC(C)(C)C)C(=O)NC(Cc1ccccc1OCCCCCOc1cc(-c2ccccc2)cc(-c2ccccc2)n1)C(=O)O. The molecule has 0 saturated carbocycles. The number of esters is 1. The average molecular weight is 768 g/mol. The lowest BCUT2D eigenvalue weighted by atomic mass is 10.0. The van der Waals surface area contributed by atoms with Gasteiger partial charge in [-0.25, -0.2) is 14.6 Å². The molecule has 0 aliphatic heterocycles. The summed E-state index contributed by atoms with van der Waals surface area (Å²) in [6.07, 6.45) is 0.694. The maximum absolute atomic E-state index is 13.4. The highest BCUT2D eigenvalue weighted by Gasteiger charge is 2.32. The maximum Gasteiger partial charge on any atom is 0.408 e. The molecule has 2 amide bonds. The largest absolute Gasteiger partial charge is 0.493 e. The van der Waals surface area contributed by atoms with Crippen LogP contribution in [0.2, 0.25) is 0 Å². The quantitative estimate of drug-likeness (QED) is 0.0673. The number of carboxylic acids is 1. The molecule has 1 heterocycles. The fourth-order valence-corrected chi connectivity index (χ4v) is 5.59. The van der Waals surface area contributed by atoms with Crippen LogP contribution >= 0.6 is 0 Å². The molecule has 0 spiro atoms. The van der Waals surface area contributed by atoms with Gasteiger partial charge in [-0.15, -0.1) is 0 Å². The van der Waals surface area contributed by atoms with Crippen LogP contribution < -0.4 is 20.1 Å². The van der Waals surface area contributed by atoms with Crippen molar-refractivity contribution in [3.63, 3.8) is 0 Å². The van der Waals surface area contributed by atoms with Crippen molar-refractivity contribution in [2.45, 2.75) is 96.9 Å². The van der Waals surface area contributed by atoms with Crippen LogP contribution in [0.3, 0.4) is 0 Å². The van der Waals surface area contributed by atoms with E-state index in [1.54, 1.807) is 65.8 Å². The number of nitrogens with one attached hydrogen (secondary N) is 2. The first-order chi connectivity index (χ1) is 26.6. The molecule has 0 bridgehead atoms. The van der Waals surface area contributed by atoms with Crippen molar-refractivity contribution in [1.29, 1.82) is 0 Å². The highest BCUT2D eigenvalue weighted by molar-refractivity contribution is 5.92. The summed E-state index contributed by atoms with van der Waals surface area (Å²) in [6.45, 7) is 10.8. The van der Waals surface area contributed by atoms with Gasteiger partial charge in [-0.2, -0.15) is 0 Å². The molecule has 0 saturated heterocycles. The standard InChI is InChI=1S/C44H53N3O9/c1-43(2,3)55-39(48)29-35(47-42(52)56-44(4,5)6)40(49)46-36(41(50)51)26-32-22-14-15-23-37(32)53-24-16-9-17-25-54-38-28-33(30-18-10-7-11-19-30)27-34(45-38)31-20-12-8-13-21-31/h7-8,10-15,18-23,27-28,35-36H,9,16-17,24-26,29H2,1-6H3,(H,46,49)(H,47,52)(H,50,51). The molecule has 0 radical (unpaired) electrons. The second kappa shape index (κ2) is 20.1. The minimum absolute atomic E-state index is 0.114. The van der Waals surface area contributed by atoms with Gasteiger partial charge in [0, 0.05) is 18.1 Å². The topological polar surface area (TPSA) is 162 Å². The van der Waals surface area contributed by atoms with Gasteiger partial charge in [0.05, 0.1) is 25.3 Å². The molecule has 2 unspecified atom stereocenters. The number of amides is 2. The summed E-state index contributed by atoms with van der Waals surface area (Å²) in [6, 6.07) is 28.2. The van der Waals surface area contributed by atoms with Gasteiger partial charge in [0.1, 0.15) is 29.0 Å². The molecule has 12 heteroatoms. The van der Waals surface area contributed by atoms with Crippen molar-refractivity contribution in [1.82, 2.24) is 15.6 Å². The average Bonchev–Trinajstić information content (AvgIpc) is 3.13. The zero-order valence-electron chi connectivity index (χ0n) is 33.0. The number of para-hydroxylation sites is 1. The van der Waals surface area contributed by atoms with Crippen LogP contribution in [0.15, 0.2) is 97.1 Å². The molecule has 0 aliphatic carbocycles. The lowest BCUT2D eigenvalue weighted by molar-refractivity contribution is -0.156. The second-order valence-electron chi connectivity index (χ2n) is 15.3. The molecule has 4 rings (SSSR count). The summed E-state index contributed by atoms with van der Waals surface area (Å²) in [7, 11) is 0. The third-order valence-corrected chi connectivity index (χ3v) is 8.08. The zero-order chi connectivity index (χ0) is 40.7. The van der Waals surface area contributed by atoms with Crippen molar-refractivity contribution in [3.05, 3.63) is 103 Å². The normalized spacial score (nSPS) is 12.5. The van der Waals surface area contributed by atoms with Crippen molar-refractivity contribution in [2.75, 3.05) is 13.2 Å². The minimum atomic E-state index is -1.45. The van der Waals surface area contributed by atoms with E-state index in [4.69, 9.17) is 23.9 Å². The summed E-state index contributed by atoms with van der Waals surface area (Å²) in [5.41, 5.74) is 2.77. The van der Waals surface area contributed by atoms with Gasteiger partial charge in [0.25, 0.3) is 0 Å². The number of carbonyl (C=O) groups excluding carboxylic acids is 3. The Bertz CT molecular complexity index is 1820. The molecule has 4 aromatic rings. The summed E-state index contributed by atoms with van der Waals surface area (Å²) in [5.74, 6) is -1.91. The number of rotatable bonds is 18. The number of nitrogens with zero attached hydrogens (tertiary/aromatic N) is 1. The van der Waals surface area contributed by atoms with Crippen molar-refractivity contribution >= 4 is 23.9 Å². The predicted molar refractivity (Wildman–Crippen MR) is 213 cm³/mol. The van der Waals surface area contributed by atoms with E-state index in [-0.39, 0.29) is 6.42 Å². The molecule has 2 atom stereocenters. The molecule has 56 heavy (non-hydrogen) atoms. The first kappa shape index (κ1) is 42.8. The molecule has 3 N–H and O–H groups in total. The number of benzene rings is 3. The number of carboxylic acid groups (broad SMARTS) is 1. The Labute approximate surface area is 328 Å². The van der Waals surface area contributed by atoms with Gasteiger partial charge >= 0.3 is 18.0 Å². The molecule has 3 aromatic carbocycles. The van der Waals surface area contributed by atoms with E-state index in [0.29, 0.717) is 36.8 Å². The number of unbranched alkanes of at least 4 members (excludes halogenated alkanes) is 2. The Kier molecular flexibility index (Phi) is 15.4. The highest BCUT2D eigenvalue weighted by Crippen LogP contribution is 2.29. The number of alkyl carbamates (subject to hydrolysis) is 1. The monoisotopic (exact) mass is 767 g/mol. The van der Waals surface area contributed by atoms with Crippen LogP contribution in [0.25, 0.3) is 22.4 Å². The number of pyridine rings is 1. The lowest BCUT2D eigenvalue weighted by Gasteiger charge is -2.25. The molecular weight excluding hydrogens is 714 g/mol. The van der Waals surface area contributed by atoms with E-state index in [1.807, 2.05) is 54.6 Å². The van der Waals surface area contributed by atoms with Gasteiger partial charge in [0.15, 0.2) is 0 Å². The summed E-state index contributed by atoms with van der Waals surface area (Å²) >= 11 is 0. The lowest BCUT2D eigenvalue weighted by Crippen LogP contribution is -2.53. The maximum atomic E-state index is 13.4. The number of aromatic nitrogens is 1. The molecule has 298 valence electrons. The third-order valence-electron chi connectivity index (χ3n) is 8.08. The fourth-order valence-electron chi connectivity index (χ4n) is 5.59. The summed E-state index contributed by atoms with van der Waals surface area (Å²) in [4.78, 5) is 55.7. The minimum Gasteiger partial charge on any atom is -0.493 e. The zero-order valence-corrected chi connectivity index (χ0v) is 33.0. The highest BCUT2D eigenvalue weighted by atomic mass is 16.6. The Hall–Kier alpha value is -5.91. The third kappa shape index (κ3) is 14.7. The molecule has 1 aromatic heterocycles. The molecular formula is C44H53N3O9. The second-order valence-corrected chi connectivity index (χ2v) is 15.3. The van der Waals surface area contributed by atoms with Crippen molar-refractivity contribution in [3.8, 4) is 34.0 Å². The molecule has 0 fully saturated rings. The van der Waals surface area contributed by atoms with Crippen molar-refractivity contribution < 1.29 is 43.2 Å². The first-order valence-corrected chi connectivity index (χ1v) is 18.8. The smallest absolute Gasteiger partial charge is 0.408 e. The predicted octanol–water partition coefficient (Wildman–Crippen LogP) is 7.78. The Morgan fingerprint density at radius 3 is 1.88 bits per heavy atom. The van der Waals surface area contributed by atoms with E-state index >= 15 is 0 Å². The van der Waals surface area contributed by atoms with Gasteiger partial charge in [-0.05, 0) is 89.6 Å². The van der Waals surface area contributed by atoms with Crippen molar-refractivity contribution in [2.24, 2.45) is 0 Å². The van der Waals surface area contributed by atoms with E-state index in [9.17, 15) is 24.3 Å². The van der Waals surface area contributed by atoms with Crippen LogP contribution in [0.5, 0.6) is 11.6 Å². The number of ether oxygens (including phenoxy) is 4. The van der Waals surface area contributed by atoms with Gasteiger partial charge in [0.2, 0.25) is 11.8 Å². The van der Waals surface area contributed by atoms with Crippen LogP contribution in [0, 0.1) is 0 Å². The summed E-state index contributed by atoms with van der Waals surface area (Å²) < 4.78 is 22.8. The van der Waals surface area contributed by atoms with Crippen LogP contribution in [-0.2, 0) is 30.3 Å². The first-order valence-electron chi connectivity index (χ1n) is 18.8. The number of hydrogen-bond acceptors (Lipinski definition) is 9. The fraction of sp³-hybridized carbons (Fsp3) is 0.386.